The third kappa shape index (κ3) is 4.99. The summed E-state index contributed by atoms with van der Waals surface area (Å²) in [4.78, 5) is 25.8. The number of rotatable bonds is 7. The maximum Gasteiger partial charge on any atom is 0.307 e. The van der Waals surface area contributed by atoms with Gasteiger partial charge in [-0.1, -0.05) is 19.9 Å². The first-order chi connectivity index (χ1) is 17.0. The van der Waals surface area contributed by atoms with E-state index in [0.717, 1.165) is 34.5 Å². The van der Waals surface area contributed by atoms with Gasteiger partial charge in [0.2, 0.25) is 5.95 Å². The minimum absolute atomic E-state index is 0.0680. The van der Waals surface area contributed by atoms with Crippen molar-refractivity contribution in [2.45, 2.75) is 64.6 Å². The van der Waals surface area contributed by atoms with E-state index in [1.54, 1.807) is 18.5 Å². The molecule has 36 heavy (non-hydrogen) atoms. The van der Waals surface area contributed by atoms with Crippen molar-refractivity contribution in [1.29, 1.82) is 0 Å². The molecule has 2 fully saturated rings. The second kappa shape index (κ2) is 9.19. The zero-order chi connectivity index (χ0) is 25.7. The van der Waals surface area contributed by atoms with Crippen LogP contribution < -0.4 is 5.32 Å². The molecule has 0 saturated heterocycles. The molecule has 9 heteroatoms. The summed E-state index contributed by atoms with van der Waals surface area (Å²) in [7, 11) is 0. The van der Waals surface area contributed by atoms with Gasteiger partial charge in [-0.05, 0) is 79.7 Å². The number of benzene rings is 1. The van der Waals surface area contributed by atoms with Gasteiger partial charge in [0.25, 0.3) is 0 Å². The van der Waals surface area contributed by atoms with E-state index in [2.05, 4.69) is 20.3 Å². The lowest BCUT2D eigenvalue weighted by Gasteiger charge is -2.44. The van der Waals surface area contributed by atoms with Gasteiger partial charge in [-0.2, -0.15) is 0 Å². The number of alkyl halides is 1. The van der Waals surface area contributed by atoms with Crippen molar-refractivity contribution in [3.63, 3.8) is 0 Å². The van der Waals surface area contributed by atoms with E-state index in [-0.39, 0.29) is 5.92 Å². The number of thiazole rings is 1. The van der Waals surface area contributed by atoms with Crippen molar-refractivity contribution >= 4 is 28.9 Å². The van der Waals surface area contributed by atoms with Crippen molar-refractivity contribution in [2.24, 2.45) is 17.3 Å². The number of hydrogen-bond donors (Lipinski definition) is 3. The predicted molar refractivity (Wildman–Crippen MR) is 137 cm³/mol. The minimum Gasteiger partial charge on any atom is -0.481 e. The largest absolute Gasteiger partial charge is 0.481 e. The third-order valence-corrected chi connectivity index (χ3v) is 8.59. The molecule has 0 bridgehead atoms. The highest BCUT2D eigenvalue weighted by Crippen LogP contribution is 2.51. The third-order valence-electron chi connectivity index (χ3n) is 7.35. The van der Waals surface area contributed by atoms with Crippen LogP contribution in [0.1, 0.15) is 68.4 Å². The molecular formula is C27H31FN4O3S. The van der Waals surface area contributed by atoms with Gasteiger partial charge in [0.15, 0.2) is 0 Å². The van der Waals surface area contributed by atoms with Gasteiger partial charge in [-0.15, -0.1) is 11.3 Å². The van der Waals surface area contributed by atoms with Crippen LogP contribution in [0.5, 0.6) is 0 Å². The maximum atomic E-state index is 14.5. The van der Waals surface area contributed by atoms with Gasteiger partial charge in [-0.25, -0.2) is 19.3 Å². The van der Waals surface area contributed by atoms with Crippen LogP contribution in [0.2, 0.25) is 0 Å². The number of carbonyl (C=O) groups is 1. The summed E-state index contributed by atoms with van der Waals surface area (Å²) in [5.41, 5.74) is 1.44. The number of hydrogen-bond acceptors (Lipinski definition) is 7. The van der Waals surface area contributed by atoms with E-state index in [0.29, 0.717) is 35.9 Å². The summed E-state index contributed by atoms with van der Waals surface area (Å²) >= 11 is 1.42. The lowest BCUT2D eigenvalue weighted by atomic mass is 9.63. The molecule has 0 radical (unpaired) electrons. The van der Waals surface area contributed by atoms with Crippen LogP contribution in [-0.2, 0) is 10.4 Å². The van der Waals surface area contributed by atoms with Crippen LogP contribution >= 0.6 is 11.3 Å². The fraction of sp³-hybridized carbons (Fsp3) is 0.481. The summed E-state index contributed by atoms with van der Waals surface area (Å²) in [5, 5.41) is 24.8. The Balaban J connectivity index is 1.37. The second-order valence-corrected chi connectivity index (χ2v) is 11.9. The Bertz CT molecular complexity index is 1290. The molecule has 1 unspecified atom stereocenters. The number of carboxylic acids is 1. The standard InChI is InChI=1S/C27H31FN4O3S/c1-15-10-17(12-18(11-15)31-25-29-9-7-20(32-25)22(28)16-4-5-16)21-13-30-24(36-21)27(35)8-6-19(23(33)34)26(2,3)14-27/h7,9-13,16,19,22,35H,4-6,8,14H2,1-3H3,(H,33,34)(H,29,31,32)/t19-,22?,27-/m1/s1. The molecule has 0 spiro atoms. The zero-order valence-electron chi connectivity index (χ0n) is 20.7. The predicted octanol–water partition coefficient (Wildman–Crippen LogP) is 6.17. The number of aromatic nitrogens is 3. The minimum atomic E-state index is -1.15. The van der Waals surface area contributed by atoms with Gasteiger partial charge < -0.3 is 15.5 Å². The number of nitrogens with one attached hydrogen (secondary N) is 1. The Kier molecular flexibility index (Phi) is 6.32. The van der Waals surface area contributed by atoms with E-state index in [4.69, 9.17) is 0 Å². The zero-order valence-corrected chi connectivity index (χ0v) is 21.5. The Morgan fingerprint density at radius 1 is 1.22 bits per heavy atom. The Morgan fingerprint density at radius 3 is 2.69 bits per heavy atom. The number of nitrogens with zero attached hydrogens (tertiary/aromatic N) is 3. The molecule has 3 N–H and O–H groups in total. The molecule has 5 rings (SSSR count). The smallest absolute Gasteiger partial charge is 0.307 e. The fourth-order valence-electron chi connectivity index (χ4n) is 5.35. The molecule has 1 aromatic carbocycles. The average molecular weight is 511 g/mol. The number of halogens is 1. The number of anilines is 2. The summed E-state index contributed by atoms with van der Waals surface area (Å²) in [6, 6.07) is 7.60. The van der Waals surface area contributed by atoms with Gasteiger partial charge in [-0.3, -0.25) is 4.79 Å². The van der Waals surface area contributed by atoms with E-state index in [1.165, 1.54) is 11.3 Å². The second-order valence-electron chi connectivity index (χ2n) is 10.9. The van der Waals surface area contributed by atoms with Gasteiger partial charge in [0.05, 0.1) is 16.5 Å². The number of aryl methyl sites for hydroxylation is 1. The van der Waals surface area contributed by atoms with Gasteiger partial charge >= 0.3 is 5.97 Å². The molecule has 2 aliphatic carbocycles. The van der Waals surface area contributed by atoms with Crippen LogP contribution in [0.25, 0.3) is 10.4 Å². The molecular weight excluding hydrogens is 479 g/mol. The van der Waals surface area contributed by atoms with E-state index in [1.807, 2.05) is 39.0 Å². The molecule has 2 aromatic heterocycles. The van der Waals surface area contributed by atoms with Crippen molar-refractivity contribution < 1.29 is 19.4 Å². The lowest BCUT2D eigenvalue weighted by molar-refractivity contribution is -0.154. The van der Waals surface area contributed by atoms with Gasteiger partial charge in [0, 0.05) is 18.1 Å². The van der Waals surface area contributed by atoms with Crippen LogP contribution in [0, 0.1) is 24.2 Å². The monoisotopic (exact) mass is 510 g/mol. The molecule has 0 aliphatic heterocycles. The van der Waals surface area contributed by atoms with Crippen LogP contribution in [0.3, 0.4) is 0 Å². The van der Waals surface area contributed by atoms with E-state index >= 15 is 0 Å². The first-order valence-electron chi connectivity index (χ1n) is 12.3. The summed E-state index contributed by atoms with van der Waals surface area (Å²) in [6.45, 7) is 5.79. The summed E-state index contributed by atoms with van der Waals surface area (Å²) < 4.78 is 14.5. The van der Waals surface area contributed by atoms with Crippen molar-refractivity contribution in [3.8, 4) is 10.4 Å². The SMILES string of the molecule is Cc1cc(Nc2nccc(C(F)C3CC3)n2)cc(-c2cnc([C@@]3(O)CC[C@H](C(=O)O)C(C)(C)C3)s2)c1. The topological polar surface area (TPSA) is 108 Å². The molecule has 2 saturated carbocycles. The molecule has 3 atom stereocenters. The van der Waals surface area contributed by atoms with Crippen molar-refractivity contribution in [1.82, 2.24) is 15.0 Å². The Labute approximate surface area is 213 Å². The molecule has 2 heterocycles. The van der Waals surface area contributed by atoms with Gasteiger partial charge in [0.1, 0.15) is 16.8 Å². The molecule has 0 amide bonds. The summed E-state index contributed by atoms with van der Waals surface area (Å²) in [5.74, 6) is -0.881. The Morgan fingerprint density at radius 2 is 2.00 bits per heavy atom. The number of carboxylic acid groups (broad SMARTS) is 1. The van der Waals surface area contributed by atoms with E-state index in [9.17, 15) is 19.4 Å². The number of aliphatic carboxylic acids is 1. The van der Waals surface area contributed by atoms with Crippen LogP contribution in [0.15, 0.2) is 36.7 Å². The van der Waals surface area contributed by atoms with Crippen LogP contribution in [0.4, 0.5) is 16.0 Å². The first kappa shape index (κ1) is 24.8. The molecule has 2 aliphatic rings. The maximum absolute atomic E-state index is 14.5. The fourth-order valence-corrected chi connectivity index (χ4v) is 6.36. The highest BCUT2D eigenvalue weighted by atomic mass is 32.1. The highest BCUT2D eigenvalue weighted by Gasteiger charge is 2.49. The average Bonchev–Trinajstić information content (AvgIpc) is 3.52. The lowest BCUT2D eigenvalue weighted by Crippen LogP contribution is -2.44. The molecule has 190 valence electrons. The highest BCUT2D eigenvalue weighted by molar-refractivity contribution is 7.15. The number of aliphatic hydroxyl groups is 1. The quantitative estimate of drug-likeness (QED) is 0.349. The first-order valence-corrected chi connectivity index (χ1v) is 13.1. The normalized spacial score (nSPS) is 24.3. The van der Waals surface area contributed by atoms with Crippen LogP contribution in [-0.4, -0.2) is 31.1 Å². The summed E-state index contributed by atoms with van der Waals surface area (Å²) in [6.07, 6.45) is 5.20. The molecule has 7 nitrogen and oxygen atoms in total. The Hall–Kier alpha value is -2.91. The van der Waals surface area contributed by atoms with Crippen molar-refractivity contribution in [3.05, 3.63) is 52.9 Å². The van der Waals surface area contributed by atoms with Crippen molar-refractivity contribution in [2.75, 3.05) is 5.32 Å². The molecule has 3 aromatic rings. The van der Waals surface area contributed by atoms with E-state index < -0.39 is 29.1 Å².